The number of carbonyl (C=O) groups excluding carboxylic acids is 2. The summed E-state index contributed by atoms with van der Waals surface area (Å²) in [6.07, 6.45) is 8.78. The highest BCUT2D eigenvalue weighted by atomic mass is 16.5. The van der Waals surface area contributed by atoms with Crippen molar-refractivity contribution in [2.75, 3.05) is 65.7 Å². The van der Waals surface area contributed by atoms with E-state index in [-0.39, 0.29) is 11.8 Å². The maximum absolute atomic E-state index is 14.6. The lowest BCUT2D eigenvalue weighted by Gasteiger charge is -2.34. The van der Waals surface area contributed by atoms with E-state index in [1.54, 1.807) is 0 Å². The molecular weight excluding hydrogens is 869 g/mol. The summed E-state index contributed by atoms with van der Waals surface area (Å²) in [4.78, 5) is 54.2. The van der Waals surface area contributed by atoms with E-state index in [1.807, 2.05) is 76.8 Å². The van der Waals surface area contributed by atoms with Gasteiger partial charge in [0, 0.05) is 85.9 Å². The molecule has 14 heteroatoms. The highest BCUT2D eigenvalue weighted by Gasteiger charge is 2.35. The molecule has 4 aliphatic rings. The number of imidazole rings is 2. The zero-order valence-electron chi connectivity index (χ0n) is 39.5. The number of aromatic amines is 2. The van der Waals surface area contributed by atoms with Gasteiger partial charge in [0.25, 0.3) is 0 Å². The maximum Gasteiger partial charge on any atom is 0.244 e. The summed E-state index contributed by atoms with van der Waals surface area (Å²) in [5, 5.41) is 0. The molecule has 10 rings (SSSR count). The van der Waals surface area contributed by atoms with Gasteiger partial charge in [0.15, 0.2) is 0 Å². The van der Waals surface area contributed by atoms with Gasteiger partial charge in [0.2, 0.25) is 11.8 Å². The molecule has 0 saturated carbocycles. The van der Waals surface area contributed by atoms with Gasteiger partial charge in [-0.1, -0.05) is 73.7 Å². The lowest BCUT2D eigenvalue weighted by molar-refractivity contribution is -0.139. The van der Waals surface area contributed by atoms with Gasteiger partial charge in [0.1, 0.15) is 48.4 Å². The molecule has 358 valence electrons. The highest BCUT2D eigenvalue weighted by Crippen LogP contribution is 2.50. The summed E-state index contributed by atoms with van der Waals surface area (Å²) >= 11 is 0. The highest BCUT2D eigenvalue weighted by molar-refractivity contribution is 5.89. The molecule has 2 unspecified atom stereocenters. The number of benzene rings is 4. The van der Waals surface area contributed by atoms with Crippen LogP contribution < -0.4 is 9.47 Å². The first-order valence-corrected chi connectivity index (χ1v) is 24.6. The minimum Gasteiger partial charge on any atom is -0.488 e. The van der Waals surface area contributed by atoms with Crippen LogP contribution in [0.5, 0.6) is 11.5 Å². The van der Waals surface area contributed by atoms with E-state index >= 15 is 0 Å². The standard InChI is InChI=1S/C55H62N8O6/c1-3-5-19-63(55(65)53(39-16-10-7-11-17-39)61-21-13-25-67-27-23-61)35-49-57-33-45(59-49)41-29-43-37-68-46-30-40(28-42-36-69-47(31-41)51(43)50(42)46)44-32-56-48(58-44)34-62(18-4-2)54(64)52(38-14-8-6-9-15-38)60-20-12-24-66-26-22-60/h3,6-11,14-17,28-33,52-53H,1,4-5,12-13,18-27,34-37H2,2H3,(H,56,58)(H,57,59). The summed E-state index contributed by atoms with van der Waals surface area (Å²) in [5.74, 6) is 3.12. The van der Waals surface area contributed by atoms with E-state index in [4.69, 9.17) is 28.9 Å². The van der Waals surface area contributed by atoms with Crippen LogP contribution >= 0.6 is 0 Å². The van der Waals surface area contributed by atoms with Crippen LogP contribution in [-0.2, 0) is 45.4 Å². The van der Waals surface area contributed by atoms with Crippen molar-refractivity contribution in [3.8, 4) is 45.1 Å². The van der Waals surface area contributed by atoms with Crippen molar-refractivity contribution < 1.29 is 28.5 Å². The number of hydrogen-bond acceptors (Lipinski definition) is 10. The predicted molar refractivity (Wildman–Crippen MR) is 264 cm³/mol. The number of ether oxygens (including phenoxy) is 4. The van der Waals surface area contributed by atoms with Gasteiger partial charge in [0.05, 0.1) is 50.1 Å². The van der Waals surface area contributed by atoms with Gasteiger partial charge >= 0.3 is 0 Å². The molecule has 2 saturated heterocycles. The van der Waals surface area contributed by atoms with Crippen molar-refractivity contribution >= 4 is 11.8 Å². The Morgan fingerprint density at radius 2 is 1.14 bits per heavy atom. The summed E-state index contributed by atoms with van der Waals surface area (Å²) < 4.78 is 24.6. The Kier molecular flexibility index (Phi) is 14.3. The van der Waals surface area contributed by atoms with Crippen LogP contribution in [-0.4, -0.2) is 117 Å². The molecule has 69 heavy (non-hydrogen) atoms. The first kappa shape index (κ1) is 46.2. The van der Waals surface area contributed by atoms with Gasteiger partial charge in [-0.05, 0) is 61.1 Å². The third kappa shape index (κ3) is 10.1. The van der Waals surface area contributed by atoms with Gasteiger partial charge in [-0.25, -0.2) is 9.97 Å². The maximum atomic E-state index is 14.6. The van der Waals surface area contributed by atoms with Crippen LogP contribution in [0.4, 0.5) is 0 Å². The van der Waals surface area contributed by atoms with Gasteiger partial charge in [-0.15, -0.1) is 6.58 Å². The molecule has 6 heterocycles. The second-order valence-corrected chi connectivity index (χ2v) is 18.3. The number of carbonyl (C=O) groups is 2. The van der Waals surface area contributed by atoms with Crippen LogP contribution in [0.15, 0.2) is 110 Å². The van der Waals surface area contributed by atoms with E-state index in [2.05, 4.69) is 69.7 Å². The summed E-state index contributed by atoms with van der Waals surface area (Å²) in [6.45, 7) is 14.2. The van der Waals surface area contributed by atoms with Crippen molar-refractivity contribution in [1.29, 1.82) is 0 Å². The van der Waals surface area contributed by atoms with Crippen LogP contribution in [0.1, 0.15) is 78.6 Å². The molecule has 14 nitrogen and oxygen atoms in total. The largest absolute Gasteiger partial charge is 0.488 e. The molecule has 0 spiro atoms. The monoisotopic (exact) mass is 930 g/mol. The molecule has 2 aromatic heterocycles. The summed E-state index contributed by atoms with van der Waals surface area (Å²) in [7, 11) is 0. The molecule has 2 fully saturated rings. The Balaban J connectivity index is 0.864. The molecule has 0 aliphatic carbocycles. The second-order valence-electron chi connectivity index (χ2n) is 18.3. The average molecular weight is 931 g/mol. The predicted octanol–water partition coefficient (Wildman–Crippen LogP) is 8.49. The molecule has 4 aromatic carbocycles. The first-order valence-electron chi connectivity index (χ1n) is 24.6. The van der Waals surface area contributed by atoms with Crippen molar-refractivity contribution in [2.45, 2.75) is 71.0 Å². The third-order valence-corrected chi connectivity index (χ3v) is 13.6. The number of rotatable bonds is 17. The Morgan fingerprint density at radius 3 is 1.61 bits per heavy atom. The number of aromatic nitrogens is 4. The van der Waals surface area contributed by atoms with Gasteiger partial charge in [-0.2, -0.15) is 0 Å². The normalized spacial score (nSPS) is 16.8. The SMILES string of the molecule is C=CCCN(Cc1ncc(-c2cc3c4c(c2)OCc2cc(-c5cnc(CN(CCC)C(=O)C(c6ccccc6)N6CCCOCC6)[nH]5)cc(c2-4)OC3)[nH]1)C(=O)C(c1ccccc1)N1CCCOCC1. The lowest BCUT2D eigenvalue weighted by Crippen LogP contribution is -2.44. The van der Waals surface area contributed by atoms with Crippen LogP contribution in [0.2, 0.25) is 0 Å². The lowest BCUT2D eigenvalue weighted by atomic mass is 9.87. The third-order valence-electron chi connectivity index (χ3n) is 13.6. The topological polar surface area (TPSA) is 141 Å². The van der Waals surface area contributed by atoms with Crippen molar-refractivity contribution in [1.82, 2.24) is 39.5 Å². The first-order chi connectivity index (χ1) is 33.9. The smallest absolute Gasteiger partial charge is 0.244 e. The van der Waals surface area contributed by atoms with Crippen LogP contribution in [0.25, 0.3) is 33.6 Å². The molecule has 2 N–H and O–H groups in total. The Hall–Kier alpha value is -6.58. The van der Waals surface area contributed by atoms with E-state index in [9.17, 15) is 9.59 Å². The molecule has 2 amide bonds. The molecular formula is C55H62N8O6. The minimum atomic E-state index is -0.429. The van der Waals surface area contributed by atoms with Crippen molar-refractivity contribution in [2.24, 2.45) is 0 Å². The number of nitrogens with one attached hydrogen (secondary N) is 2. The van der Waals surface area contributed by atoms with E-state index in [1.165, 1.54) is 0 Å². The number of H-pyrrole nitrogens is 2. The fourth-order valence-corrected chi connectivity index (χ4v) is 10.3. The number of nitrogens with zero attached hydrogens (tertiary/aromatic N) is 6. The fraction of sp³-hybridized carbons (Fsp3) is 0.382. The number of amides is 2. The molecule has 4 aliphatic heterocycles. The van der Waals surface area contributed by atoms with E-state index < -0.39 is 12.1 Å². The Morgan fingerprint density at radius 1 is 0.667 bits per heavy atom. The minimum absolute atomic E-state index is 0.0370. The zero-order valence-corrected chi connectivity index (χ0v) is 39.5. The second kappa shape index (κ2) is 21.4. The molecule has 2 atom stereocenters. The molecule has 0 radical (unpaired) electrons. The Labute approximate surface area is 404 Å². The van der Waals surface area contributed by atoms with Crippen LogP contribution in [0.3, 0.4) is 0 Å². The average Bonchev–Trinajstić information content (AvgIpc) is 3.87. The molecule has 6 aromatic rings. The van der Waals surface area contributed by atoms with E-state index in [0.717, 1.165) is 106 Å². The van der Waals surface area contributed by atoms with Crippen LogP contribution in [0, 0.1) is 0 Å². The number of hydrogen-bond donors (Lipinski definition) is 2. The van der Waals surface area contributed by atoms with Crippen molar-refractivity contribution in [3.05, 3.63) is 144 Å². The van der Waals surface area contributed by atoms with Gasteiger partial charge in [-0.3, -0.25) is 19.4 Å². The molecule has 0 bridgehead atoms. The quantitative estimate of drug-likeness (QED) is 0.0856. The van der Waals surface area contributed by atoms with E-state index in [0.29, 0.717) is 91.2 Å². The van der Waals surface area contributed by atoms with Gasteiger partial charge < -0.3 is 38.7 Å². The Bertz CT molecular complexity index is 2670. The summed E-state index contributed by atoms with van der Waals surface area (Å²) in [6, 6.07) is 27.8. The fourth-order valence-electron chi connectivity index (χ4n) is 10.3. The van der Waals surface area contributed by atoms with Crippen molar-refractivity contribution in [3.63, 3.8) is 0 Å². The summed E-state index contributed by atoms with van der Waals surface area (Å²) in [5.41, 5.74) is 9.67. The zero-order chi connectivity index (χ0) is 47.1.